The van der Waals surface area contributed by atoms with Crippen LogP contribution in [0.2, 0.25) is 0 Å². The van der Waals surface area contributed by atoms with Gasteiger partial charge in [-0.1, -0.05) is 32.9 Å². The second-order valence-corrected chi connectivity index (χ2v) is 5.77. The molecule has 0 unspecified atom stereocenters. The molecule has 4 nitrogen and oxygen atoms in total. The summed E-state index contributed by atoms with van der Waals surface area (Å²) in [4.78, 5) is 8.41. The largest absolute Gasteiger partial charge is 0.424 e. The molecular weight excluding hydrogens is 262 g/mol. The van der Waals surface area contributed by atoms with Crippen LogP contribution in [0.3, 0.4) is 0 Å². The number of nitrogens with one attached hydrogen (secondary N) is 1. The summed E-state index contributed by atoms with van der Waals surface area (Å²) in [6.07, 6.45) is 4.64. The number of aromatic nitrogens is 2. The van der Waals surface area contributed by atoms with Crippen LogP contribution >= 0.6 is 0 Å². The fourth-order valence-electron chi connectivity index (χ4n) is 1.97. The lowest BCUT2D eigenvalue weighted by Crippen LogP contribution is -2.14. The molecule has 1 aromatic carbocycles. The summed E-state index contributed by atoms with van der Waals surface area (Å²) >= 11 is 0. The van der Waals surface area contributed by atoms with Gasteiger partial charge in [0.15, 0.2) is 0 Å². The molecule has 2 aromatic rings. The number of benzene rings is 1. The lowest BCUT2D eigenvalue weighted by molar-refractivity contribution is 0.439. The fraction of sp³-hybridized carbons (Fsp3) is 0.412. The highest BCUT2D eigenvalue weighted by molar-refractivity contribution is 5.32. The molecule has 1 heterocycles. The zero-order valence-corrected chi connectivity index (χ0v) is 13.2. The van der Waals surface area contributed by atoms with Crippen LogP contribution < -0.4 is 10.1 Å². The first-order valence-electron chi connectivity index (χ1n) is 7.29. The first-order chi connectivity index (χ1) is 10.0. The van der Waals surface area contributed by atoms with Crippen LogP contribution in [-0.2, 0) is 12.0 Å². The Morgan fingerprint density at radius 1 is 1.10 bits per heavy atom. The lowest BCUT2D eigenvalue weighted by Gasteiger charge is -2.23. The van der Waals surface area contributed by atoms with E-state index in [-0.39, 0.29) is 5.41 Å². The van der Waals surface area contributed by atoms with E-state index in [1.165, 1.54) is 5.56 Å². The minimum atomic E-state index is 0.184. The Morgan fingerprint density at radius 2 is 1.71 bits per heavy atom. The average molecular weight is 285 g/mol. The molecule has 0 amide bonds. The maximum Gasteiger partial charge on any atom is 0.321 e. The zero-order chi connectivity index (χ0) is 15.3. The van der Waals surface area contributed by atoms with Gasteiger partial charge in [-0.2, -0.15) is 0 Å². The Bertz CT molecular complexity index is 562. The summed E-state index contributed by atoms with van der Waals surface area (Å²) in [5, 5.41) is 3.06. The Hall–Kier alpha value is -1.94. The van der Waals surface area contributed by atoms with Gasteiger partial charge >= 0.3 is 6.01 Å². The molecule has 0 aliphatic heterocycles. The predicted molar refractivity (Wildman–Crippen MR) is 84.6 cm³/mol. The van der Waals surface area contributed by atoms with E-state index < -0.39 is 0 Å². The van der Waals surface area contributed by atoms with E-state index in [1.807, 2.05) is 19.2 Å². The molecule has 112 valence electrons. The highest BCUT2D eigenvalue weighted by Gasteiger charge is 2.17. The molecule has 0 bridgehead atoms. The molecule has 0 fully saturated rings. The van der Waals surface area contributed by atoms with Crippen LogP contribution in [0.5, 0.6) is 11.8 Å². The number of hydrogen-bond donors (Lipinski definition) is 1. The third-order valence-corrected chi connectivity index (χ3v) is 3.79. The van der Waals surface area contributed by atoms with Gasteiger partial charge in [0.25, 0.3) is 0 Å². The highest BCUT2D eigenvalue weighted by Crippen LogP contribution is 2.28. The Kier molecular flexibility index (Phi) is 4.91. The summed E-state index contributed by atoms with van der Waals surface area (Å²) in [5.41, 5.74) is 2.52. The van der Waals surface area contributed by atoms with Crippen molar-refractivity contribution in [2.24, 2.45) is 0 Å². The van der Waals surface area contributed by atoms with Crippen molar-refractivity contribution < 1.29 is 4.74 Å². The lowest BCUT2D eigenvalue weighted by atomic mass is 9.82. The van der Waals surface area contributed by atoms with E-state index in [0.717, 1.165) is 24.3 Å². The van der Waals surface area contributed by atoms with E-state index in [9.17, 15) is 0 Å². The van der Waals surface area contributed by atoms with Gasteiger partial charge in [0.2, 0.25) is 0 Å². The molecule has 21 heavy (non-hydrogen) atoms. The van der Waals surface area contributed by atoms with Gasteiger partial charge < -0.3 is 10.1 Å². The van der Waals surface area contributed by atoms with E-state index >= 15 is 0 Å². The van der Waals surface area contributed by atoms with Crippen molar-refractivity contribution in [1.82, 2.24) is 15.3 Å². The zero-order valence-electron chi connectivity index (χ0n) is 13.2. The topological polar surface area (TPSA) is 47.0 Å². The van der Waals surface area contributed by atoms with E-state index in [4.69, 9.17) is 4.74 Å². The molecule has 0 aliphatic carbocycles. The van der Waals surface area contributed by atoms with Crippen molar-refractivity contribution in [2.75, 3.05) is 7.05 Å². The summed E-state index contributed by atoms with van der Waals surface area (Å²) in [6, 6.07) is 8.52. The van der Waals surface area contributed by atoms with Crippen molar-refractivity contribution in [1.29, 1.82) is 0 Å². The SMILES string of the molecule is CCC(C)(C)c1ccc(Oc2ncc(CNC)cn2)cc1. The van der Waals surface area contributed by atoms with Gasteiger partial charge in [-0.3, -0.25) is 0 Å². The average Bonchev–Trinajstić information content (AvgIpc) is 2.50. The van der Waals surface area contributed by atoms with Gasteiger partial charge in [-0.15, -0.1) is 0 Å². The van der Waals surface area contributed by atoms with Gasteiger partial charge in [0.1, 0.15) is 5.75 Å². The maximum absolute atomic E-state index is 5.67. The number of rotatable bonds is 6. The normalized spacial score (nSPS) is 11.4. The molecule has 0 saturated heterocycles. The minimum Gasteiger partial charge on any atom is -0.424 e. The van der Waals surface area contributed by atoms with Gasteiger partial charge in [0.05, 0.1) is 0 Å². The Labute approximate surface area is 126 Å². The standard InChI is InChI=1S/C17H23N3O/c1-5-17(2,3)14-6-8-15(9-7-14)21-16-19-11-13(10-18-4)12-20-16/h6-9,11-12,18H,5,10H2,1-4H3. The number of hydrogen-bond acceptors (Lipinski definition) is 4. The van der Waals surface area contributed by atoms with Crippen molar-refractivity contribution in [3.05, 3.63) is 47.8 Å². The molecule has 4 heteroatoms. The van der Waals surface area contributed by atoms with Crippen molar-refractivity contribution in [3.63, 3.8) is 0 Å². The molecule has 0 saturated carbocycles. The van der Waals surface area contributed by atoms with Crippen LogP contribution in [0.25, 0.3) is 0 Å². The molecule has 0 aliphatic rings. The van der Waals surface area contributed by atoms with Crippen molar-refractivity contribution >= 4 is 0 Å². The highest BCUT2D eigenvalue weighted by atomic mass is 16.5. The molecule has 0 radical (unpaired) electrons. The summed E-state index contributed by atoms with van der Waals surface area (Å²) in [7, 11) is 1.89. The van der Waals surface area contributed by atoms with Crippen LogP contribution in [0.4, 0.5) is 0 Å². The molecule has 0 spiro atoms. The first-order valence-corrected chi connectivity index (χ1v) is 7.29. The first kappa shape index (κ1) is 15.4. The van der Waals surface area contributed by atoms with Gasteiger partial charge in [-0.25, -0.2) is 9.97 Å². The number of ether oxygens (including phenoxy) is 1. The van der Waals surface area contributed by atoms with E-state index in [1.54, 1.807) is 12.4 Å². The van der Waals surface area contributed by atoms with Crippen molar-refractivity contribution in [3.8, 4) is 11.8 Å². The Balaban J connectivity index is 2.06. The second kappa shape index (κ2) is 6.68. The molecule has 1 N–H and O–H groups in total. The number of nitrogens with zero attached hydrogens (tertiary/aromatic N) is 2. The monoisotopic (exact) mass is 285 g/mol. The van der Waals surface area contributed by atoms with Gasteiger partial charge in [-0.05, 0) is 36.6 Å². The Morgan fingerprint density at radius 3 is 2.24 bits per heavy atom. The summed E-state index contributed by atoms with van der Waals surface area (Å²) < 4.78 is 5.67. The minimum absolute atomic E-state index is 0.184. The van der Waals surface area contributed by atoms with Crippen molar-refractivity contribution in [2.45, 2.75) is 39.2 Å². The van der Waals surface area contributed by atoms with Crippen LogP contribution in [0, 0.1) is 0 Å². The van der Waals surface area contributed by atoms with E-state index in [0.29, 0.717) is 6.01 Å². The molecule has 2 rings (SSSR count). The third kappa shape index (κ3) is 4.02. The smallest absolute Gasteiger partial charge is 0.321 e. The third-order valence-electron chi connectivity index (χ3n) is 3.79. The van der Waals surface area contributed by atoms with E-state index in [2.05, 4.69) is 48.2 Å². The quantitative estimate of drug-likeness (QED) is 0.879. The maximum atomic E-state index is 5.67. The van der Waals surface area contributed by atoms with Crippen LogP contribution in [0.1, 0.15) is 38.3 Å². The summed E-state index contributed by atoms with van der Waals surface area (Å²) in [5.74, 6) is 0.756. The second-order valence-electron chi connectivity index (χ2n) is 5.77. The van der Waals surface area contributed by atoms with Crippen LogP contribution in [-0.4, -0.2) is 17.0 Å². The summed E-state index contributed by atoms with van der Waals surface area (Å²) in [6.45, 7) is 7.44. The predicted octanol–water partition coefficient (Wildman–Crippen LogP) is 3.68. The molecule has 0 atom stereocenters. The molecular formula is C17H23N3O. The molecule has 1 aromatic heterocycles. The van der Waals surface area contributed by atoms with Crippen LogP contribution in [0.15, 0.2) is 36.7 Å². The fourth-order valence-corrected chi connectivity index (χ4v) is 1.97. The van der Waals surface area contributed by atoms with Gasteiger partial charge in [0, 0.05) is 24.5 Å².